The van der Waals surface area contributed by atoms with Crippen LogP contribution in [0.1, 0.15) is 67.2 Å². The van der Waals surface area contributed by atoms with Crippen LogP contribution < -0.4 is 0 Å². The molecule has 1 atom stereocenters. The number of hydrogen-bond donors (Lipinski definition) is 0. The quantitative estimate of drug-likeness (QED) is 0.598. The molecule has 1 saturated heterocycles. The zero-order valence-corrected chi connectivity index (χ0v) is 12.1. The maximum absolute atomic E-state index is 2.78. The molecule has 1 heteroatoms. The second-order valence-electron chi connectivity index (χ2n) is 8.24. The molecule has 2 aliphatic rings. The van der Waals surface area contributed by atoms with Crippen LogP contribution in [0.4, 0.5) is 0 Å². The van der Waals surface area contributed by atoms with E-state index >= 15 is 0 Å². The van der Waals surface area contributed by atoms with Gasteiger partial charge in [0, 0.05) is 18.1 Å². The molecule has 0 radical (unpaired) electrons. The summed E-state index contributed by atoms with van der Waals surface area (Å²) in [6.07, 6.45) is 5.86. The maximum Gasteiger partial charge on any atom is 0.0155 e. The monoisotopic (exact) mass is 223 g/mol. The molecule has 1 aliphatic heterocycles. The van der Waals surface area contributed by atoms with Gasteiger partial charge in [-0.25, -0.2) is 0 Å². The second kappa shape index (κ2) is 3.48. The molecule has 1 nitrogen and oxygen atoms in total. The molecule has 1 saturated carbocycles. The third kappa shape index (κ3) is 2.03. The molecular weight excluding hydrogens is 194 g/mol. The van der Waals surface area contributed by atoms with Gasteiger partial charge in [-0.15, -0.1) is 0 Å². The Morgan fingerprint density at radius 3 is 1.81 bits per heavy atom. The van der Waals surface area contributed by atoms with Crippen LogP contribution in [0.3, 0.4) is 0 Å². The minimum Gasteiger partial charge on any atom is -0.294 e. The lowest BCUT2D eigenvalue weighted by Gasteiger charge is -2.43. The third-order valence-corrected chi connectivity index (χ3v) is 4.78. The van der Waals surface area contributed by atoms with E-state index in [0.29, 0.717) is 16.4 Å². The molecule has 1 aliphatic carbocycles. The topological polar surface area (TPSA) is 3.24 Å². The lowest BCUT2D eigenvalue weighted by Crippen LogP contribution is -2.49. The highest BCUT2D eigenvalue weighted by Gasteiger charge is 2.52. The maximum atomic E-state index is 2.78. The van der Waals surface area contributed by atoms with Crippen LogP contribution in [0.15, 0.2) is 0 Å². The van der Waals surface area contributed by atoms with Gasteiger partial charge < -0.3 is 0 Å². The Balaban J connectivity index is 2.21. The first-order valence-corrected chi connectivity index (χ1v) is 6.91. The van der Waals surface area contributed by atoms with Crippen LogP contribution in [-0.4, -0.2) is 23.0 Å². The van der Waals surface area contributed by atoms with Crippen molar-refractivity contribution in [2.75, 3.05) is 6.54 Å². The minimum atomic E-state index is 0.330. The van der Waals surface area contributed by atoms with E-state index in [9.17, 15) is 0 Å². The molecule has 0 aromatic rings. The fourth-order valence-electron chi connectivity index (χ4n) is 3.57. The van der Waals surface area contributed by atoms with Gasteiger partial charge in [0.25, 0.3) is 0 Å². The van der Waals surface area contributed by atoms with Crippen molar-refractivity contribution in [1.29, 1.82) is 0 Å². The molecule has 16 heavy (non-hydrogen) atoms. The summed E-state index contributed by atoms with van der Waals surface area (Å²) in [7, 11) is 0. The average Bonchev–Trinajstić information content (AvgIpc) is 2.39. The first-order chi connectivity index (χ1) is 7.14. The number of rotatable bonds is 0. The van der Waals surface area contributed by atoms with Gasteiger partial charge in [-0.2, -0.15) is 0 Å². The predicted octanol–water partition coefficient (Wildman–Crippen LogP) is 4.08. The highest BCUT2D eigenvalue weighted by atomic mass is 15.3. The Morgan fingerprint density at radius 2 is 1.56 bits per heavy atom. The van der Waals surface area contributed by atoms with Crippen LogP contribution >= 0.6 is 0 Å². The highest BCUT2D eigenvalue weighted by Crippen LogP contribution is 2.54. The molecule has 2 rings (SSSR count). The van der Waals surface area contributed by atoms with E-state index < -0.39 is 0 Å². The van der Waals surface area contributed by atoms with E-state index in [0.717, 1.165) is 6.04 Å². The van der Waals surface area contributed by atoms with Crippen molar-refractivity contribution in [2.45, 2.75) is 78.8 Å². The van der Waals surface area contributed by atoms with Gasteiger partial charge in [0.15, 0.2) is 0 Å². The summed E-state index contributed by atoms with van der Waals surface area (Å²) in [5, 5.41) is 0. The molecule has 1 spiro atoms. The van der Waals surface area contributed by atoms with Crippen molar-refractivity contribution in [3.63, 3.8) is 0 Å². The summed E-state index contributed by atoms with van der Waals surface area (Å²) < 4.78 is 0. The molecule has 0 amide bonds. The van der Waals surface area contributed by atoms with Crippen molar-refractivity contribution >= 4 is 0 Å². The minimum absolute atomic E-state index is 0.330. The van der Waals surface area contributed by atoms with Crippen LogP contribution in [0.5, 0.6) is 0 Å². The lowest BCUT2D eigenvalue weighted by atomic mass is 9.66. The first kappa shape index (κ1) is 12.4. The highest BCUT2D eigenvalue weighted by molar-refractivity contribution is 5.06. The molecular formula is C15H29N. The molecule has 1 heterocycles. The molecule has 0 N–H and O–H groups in total. The van der Waals surface area contributed by atoms with Gasteiger partial charge >= 0.3 is 0 Å². The fraction of sp³-hybridized carbons (Fsp3) is 1.00. The Labute approximate surface area is 102 Å². The zero-order chi connectivity index (χ0) is 12.2. The molecule has 1 unspecified atom stereocenters. The Morgan fingerprint density at radius 1 is 1.00 bits per heavy atom. The molecule has 0 bridgehead atoms. The van der Waals surface area contributed by atoms with Gasteiger partial charge in [-0.1, -0.05) is 27.2 Å². The molecule has 94 valence electrons. The van der Waals surface area contributed by atoms with Gasteiger partial charge in [-0.3, -0.25) is 4.90 Å². The van der Waals surface area contributed by atoms with Crippen molar-refractivity contribution in [3.05, 3.63) is 0 Å². The number of nitrogens with zero attached hydrogens (tertiary/aromatic N) is 1. The first-order valence-electron chi connectivity index (χ1n) is 6.91. The van der Waals surface area contributed by atoms with Gasteiger partial charge in [0.2, 0.25) is 0 Å². The molecule has 2 fully saturated rings. The number of likely N-dealkylation sites (tertiary alicyclic amines) is 1. The number of hydrogen-bond acceptors (Lipinski definition) is 1. The van der Waals surface area contributed by atoms with Gasteiger partial charge in [0.05, 0.1) is 0 Å². The van der Waals surface area contributed by atoms with Crippen LogP contribution in [-0.2, 0) is 0 Å². The Bertz CT molecular complexity index is 238. The van der Waals surface area contributed by atoms with Crippen molar-refractivity contribution in [1.82, 2.24) is 4.90 Å². The van der Waals surface area contributed by atoms with Gasteiger partial charge in [-0.05, 0) is 50.9 Å². The fourth-order valence-corrected chi connectivity index (χ4v) is 3.57. The lowest BCUT2D eigenvalue weighted by molar-refractivity contribution is 0.0513. The second-order valence-corrected chi connectivity index (χ2v) is 8.24. The normalized spacial score (nSPS) is 30.8. The van der Waals surface area contributed by atoms with Crippen molar-refractivity contribution in [3.8, 4) is 0 Å². The van der Waals surface area contributed by atoms with E-state index in [1.807, 2.05) is 0 Å². The summed E-state index contributed by atoms with van der Waals surface area (Å²) >= 11 is 0. The Kier molecular flexibility index (Phi) is 2.70. The van der Waals surface area contributed by atoms with Crippen LogP contribution in [0, 0.1) is 10.8 Å². The zero-order valence-electron chi connectivity index (χ0n) is 12.1. The van der Waals surface area contributed by atoms with E-state index in [4.69, 9.17) is 0 Å². The van der Waals surface area contributed by atoms with E-state index in [2.05, 4.69) is 46.4 Å². The summed E-state index contributed by atoms with van der Waals surface area (Å²) in [6.45, 7) is 15.7. The van der Waals surface area contributed by atoms with Crippen molar-refractivity contribution < 1.29 is 0 Å². The van der Waals surface area contributed by atoms with E-state index in [1.165, 1.54) is 32.2 Å². The summed E-state index contributed by atoms with van der Waals surface area (Å²) in [6, 6.07) is 0.771. The van der Waals surface area contributed by atoms with Gasteiger partial charge in [0.1, 0.15) is 0 Å². The SMILES string of the molecule is CC(C)(C)C1CC2(CCC2)CN1C(C)(C)C. The van der Waals surface area contributed by atoms with Crippen molar-refractivity contribution in [2.24, 2.45) is 10.8 Å². The van der Waals surface area contributed by atoms with E-state index in [-0.39, 0.29) is 0 Å². The van der Waals surface area contributed by atoms with E-state index in [1.54, 1.807) is 0 Å². The standard InChI is InChI=1S/C15H29N/c1-13(2,3)12-10-15(8-7-9-15)11-16(12)14(4,5)6/h12H,7-11H2,1-6H3. The summed E-state index contributed by atoms with van der Waals surface area (Å²) in [5.74, 6) is 0. The largest absolute Gasteiger partial charge is 0.294 e. The summed E-state index contributed by atoms with van der Waals surface area (Å²) in [4.78, 5) is 2.78. The molecule has 0 aromatic heterocycles. The predicted molar refractivity (Wildman–Crippen MR) is 70.6 cm³/mol. The third-order valence-electron chi connectivity index (χ3n) is 4.78. The molecule has 0 aromatic carbocycles. The van der Waals surface area contributed by atoms with Crippen LogP contribution in [0.2, 0.25) is 0 Å². The summed E-state index contributed by atoms with van der Waals surface area (Å²) in [5.41, 5.74) is 1.45. The Hall–Kier alpha value is -0.0400. The average molecular weight is 223 g/mol. The van der Waals surface area contributed by atoms with Crippen LogP contribution in [0.25, 0.3) is 0 Å². The smallest absolute Gasteiger partial charge is 0.0155 e.